The van der Waals surface area contributed by atoms with E-state index < -0.39 is 5.82 Å². The minimum atomic E-state index is -0.459. The monoisotopic (exact) mass is 455 g/mol. The van der Waals surface area contributed by atoms with Crippen LogP contribution in [0.1, 0.15) is 19.8 Å². The van der Waals surface area contributed by atoms with Crippen LogP contribution in [0.2, 0.25) is 0 Å². The zero-order chi connectivity index (χ0) is 23.5. The molecule has 34 heavy (non-hydrogen) atoms. The molecule has 3 heterocycles. The SMILES string of the molecule is CC#CC(=O)N1CCC[C@H]1Cn1nc(-c2ccc(Oc3ccccc3)cc2F)c2cncnc21. The van der Waals surface area contributed by atoms with Crippen LogP contribution in [0.5, 0.6) is 11.5 Å². The lowest BCUT2D eigenvalue weighted by atomic mass is 10.1. The zero-order valence-electron chi connectivity index (χ0n) is 18.6. The molecule has 0 saturated carbocycles. The number of halogens is 1. The van der Waals surface area contributed by atoms with Crippen molar-refractivity contribution in [3.63, 3.8) is 0 Å². The first-order chi connectivity index (χ1) is 16.6. The van der Waals surface area contributed by atoms with Crippen molar-refractivity contribution in [2.24, 2.45) is 0 Å². The number of fused-ring (bicyclic) bond motifs is 1. The Balaban J connectivity index is 1.47. The molecule has 1 saturated heterocycles. The number of benzene rings is 2. The fourth-order valence-electron chi connectivity index (χ4n) is 4.29. The highest BCUT2D eigenvalue weighted by Crippen LogP contribution is 2.32. The standard InChI is InChI=1S/C26H22FN5O2/c1-2-7-24(33)31-13-6-8-18(31)16-32-26-22(15-28-17-29-26)25(30-32)21-12-11-20(14-23(21)27)34-19-9-4-3-5-10-19/h3-5,9-12,14-15,17-18H,6,8,13,16H2,1H3/t18-/m0/s1. The Hall–Kier alpha value is -4.25. The van der Waals surface area contributed by atoms with Gasteiger partial charge in [0.1, 0.15) is 29.3 Å². The second kappa shape index (κ2) is 9.32. The number of para-hydroxylation sites is 1. The maximum Gasteiger partial charge on any atom is 0.298 e. The Bertz CT molecular complexity index is 1410. The Labute approximate surface area is 196 Å². The summed E-state index contributed by atoms with van der Waals surface area (Å²) in [4.78, 5) is 22.7. The molecule has 1 aliphatic heterocycles. The summed E-state index contributed by atoms with van der Waals surface area (Å²) in [5, 5.41) is 5.34. The molecule has 2 aromatic heterocycles. The molecule has 170 valence electrons. The Morgan fingerprint density at radius 2 is 2.06 bits per heavy atom. The van der Waals surface area contributed by atoms with Gasteiger partial charge in [-0.2, -0.15) is 5.10 Å². The summed E-state index contributed by atoms with van der Waals surface area (Å²) < 4.78 is 22.7. The minimum absolute atomic E-state index is 0.0502. The summed E-state index contributed by atoms with van der Waals surface area (Å²) in [5.74, 6) is 5.67. The van der Waals surface area contributed by atoms with Gasteiger partial charge >= 0.3 is 0 Å². The van der Waals surface area contributed by atoms with E-state index in [-0.39, 0.29) is 11.9 Å². The van der Waals surface area contributed by atoms with Gasteiger partial charge in [-0.25, -0.2) is 19.0 Å². The average molecular weight is 455 g/mol. The predicted molar refractivity (Wildman–Crippen MR) is 125 cm³/mol. The quantitative estimate of drug-likeness (QED) is 0.416. The van der Waals surface area contributed by atoms with Crippen molar-refractivity contribution in [1.29, 1.82) is 0 Å². The molecule has 0 bridgehead atoms. The number of nitrogens with zero attached hydrogens (tertiary/aromatic N) is 5. The number of hydrogen-bond donors (Lipinski definition) is 0. The van der Waals surface area contributed by atoms with Gasteiger partial charge in [0.05, 0.1) is 18.0 Å². The van der Waals surface area contributed by atoms with Crippen LogP contribution >= 0.6 is 0 Å². The van der Waals surface area contributed by atoms with E-state index in [4.69, 9.17) is 9.84 Å². The Morgan fingerprint density at radius 3 is 2.85 bits per heavy atom. The van der Waals surface area contributed by atoms with Crippen LogP contribution in [0, 0.1) is 17.7 Å². The summed E-state index contributed by atoms with van der Waals surface area (Å²) in [6.45, 7) is 2.76. The summed E-state index contributed by atoms with van der Waals surface area (Å²) >= 11 is 0. The topological polar surface area (TPSA) is 73.1 Å². The van der Waals surface area contributed by atoms with Crippen LogP contribution in [-0.4, -0.2) is 43.1 Å². The van der Waals surface area contributed by atoms with E-state index >= 15 is 4.39 Å². The van der Waals surface area contributed by atoms with E-state index in [2.05, 4.69) is 21.8 Å². The third kappa shape index (κ3) is 4.20. The number of ether oxygens (including phenoxy) is 1. The lowest BCUT2D eigenvalue weighted by molar-refractivity contribution is -0.126. The number of likely N-dealkylation sites (tertiary alicyclic amines) is 1. The first kappa shape index (κ1) is 21.6. The number of carbonyl (C=O) groups excluding carboxylic acids is 1. The minimum Gasteiger partial charge on any atom is -0.457 e. The van der Waals surface area contributed by atoms with Gasteiger partial charge in [-0.3, -0.25) is 4.79 Å². The molecule has 7 nitrogen and oxygen atoms in total. The Kier molecular flexibility index (Phi) is 5.91. The molecule has 1 aliphatic rings. The number of aromatic nitrogens is 4. The molecule has 0 radical (unpaired) electrons. The molecule has 0 N–H and O–H groups in total. The fraction of sp³-hybridized carbons (Fsp3) is 0.231. The highest BCUT2D eigenvalue weighted by Gasteiger charge is 2.29. The largest absolute Gasteiger partial charge is 0.457 e. The predicted octanol–water partition coefficient (Wildman–Crippen LogP) is 4.44. The molecule has 0 aliphatic carbocycles. The molecule has 1 fully saturated rings. The summed E-state index contributed by atoms with van der Waals surface area (Å²) in [6, 6.07) is 13.9. The van der Waals surface area contributed by atoms with Gasteiger partial charge in [0.15, 0.2) is 5.65 Å². The van der Waals surface area contributed by atoms with E-state index in [9.17, 15) is 4.79 Å². The molecule has 1 amide bonds. The number of amides is 1. The van der Waals surface area contributed by atoms with Gasteiger partial charge in [0.25, 0.3) is 5.91 Å². The smallest absolute Gasteiger partial charge is 0.298 e. The first-order valence-corrected chi connectivity index (χ1v) is 11.1. The van der Waals surface area contributed by atoms with Crippen LogP contribution in [0.4, 0.5) is 4.39 Å². The third-order valence-electron chi connectivity index (χ3n) is 5.84. The van der Waals surface area contributed by atoms with Gasteiger partial charge in [-0.1, -0.05) is 24.1 Å². The van der Waals surface area contributed by atoms with Crippen LogP contribution < -0.4 is 4.74 Å². The van der Waals surface area contributed by atoms with E-state index in [1.54, 1.807) is 34.8 Å². The van der Waals surface area contributed by atoms with Crippen molar-refractivity contribution in [2.45, 2.75) is 32.4 Å². The van der Waals surface area contributed by atoms with Gasteiger partial charge < -0.3 is 9.64 Å². The van der Waals surface area contributed by atoms with E-state index in [0.29, 0.717) is 46.9 Å². The molecule has 5 rings (SSSR count). The van der Waals surface area contributed by atoms with Gasteiger partial charge in [-0.15, -0.1) is 0 Å². The number of hydrogen-bond acceptors (Lipinski definition) is 5. The summed E-state index contributed by atoms with van der Waals surface area (Å²) in [5.41, 5.74) is 1.37. The van der Waals surface area contributed by atoms with E-state index in [0.717, 1.165) is 12.8 Å². The lowest BCUT2D eigenvalue weighted by Crippen LogP contribution is -2.37. The zero-order valence-corrected chi connectivity index (χ0v) is 18.6. The maximum atomic E-state index is 15.2. The normalized spacial score (nSPS) is 15.2. The van der Waals surface area contributed by atoms with Crippen LogP contribution in [-0.2, 0) is 11.3 Å². The van der Waals surface area contributed by atoms with Crippen LogP contribution in [0.25, 0.3) is 22.3 Å². The molecule has 8 heteroatoms. The molecule has 4 aromatic rings. The average Bonchev–Trinajstić information content (AvgIpc) is 3.46. The van der Waals surface area contributed by atoms with Crippen molar-refractivity contribution < 1.29 is 13.9 Å². The Morgan fingerprint density at radius 1 is 1.21 bits per heavy atom. The third-order valence-corrected chi connectivity index (χ3v) is 5.84. The highest BCUT2D eigenvalue weighted by atomic mass is 19.1. The van der Waals surface area contributed by atoms with Gasteiger partial charge in [0, 0.05) is 24.4 Å². The molecule has 1 atom stereocenters. The molecule has 0 spiro atoms. The number of carbonyl (C=O) groups is 1. The maximum absolute atomic E-state index is 15.2. The molecule has 2 aromatic carbocycles. The molecular formula is C26H22FN5O2. The molecular weight excluding hydrogens is 433 g/mol. The van der Waals surface area contributed by atoms with Crippen molar-refractivity contribution in [2.75, 3.05) is 6.54 Å². The fourth-order valence-corrected chi connectivity index (χ4v) is 4.29. The van der Waals surface area contributed by atoms with E-state index in [1.165, 1.54) is 12.4 Å². The van der Waals surface area contributed by atoms with Crippen LogP contribution in [0.15, 0.2) is 61.1 Å². The second-order valence-corrected chi connectivity index (χ2v) is 8.02. The van der Waals surface area contributed by atoms with Crippen molar-refractivity contribution in [3.8, 4) is 34.6 Å². The van der Waals surface area contributed by atoms with E-state index in [1.807, 2.05) is 30.3 Å². The van der Waals surface area contributed by atoms with Crippen molar-refractivity contribution in [3.05, 3.63) is 66.9 Å². The molecule has 0 unspecified atom stereocenters. The van der Waals surface area contributed by atoms with Gasteiger partial charge in [-0.05, 0) is 50.0 Å². The van der Waals surface area contributed by atoms with Gasteiger partial charge in [0.2, 0.25) is 0 Å². The van der Waals surface area contributed by atoms with Crippen molar-refractivity contribution >= 4 is 16.9 Å². The summed E-state index contributed by atoms with van der Waals surface area (Å²) in [7, 11) is 0. The number of rotatable bonds is 5. The highest BCUT2D eigenvalue weighted by molar-refractivity contribution is 5.94. The lowest BCUT2D eigenvalue weighted by Gasteiger charge is -2.22. The van der Waals surface area contributed by atoms with Crippen molar-refractivity contribution in [1.82, 2.24) is 24.6 Å². The second-order valence-electron chi connectivity index (χ2n) is 8.02. The first-order valence-electron chi connectivity index (χ1n) is 11.1. The van der Waals surface area contributed by atoms with Crippen LogP contribution in [0.3, 0.4) is 0 Å². The summed E-state index contributed by atoms with van der Waals surface area (Å²) in [6.07, 6.45) is 4.83.